The largest absolute Gasteiger partial charge is 0.323 e. The van der Waals surface area contributed by atoms with Crippen molar-refractivity contribution in [1.82, 2.24) is 9.78 Å². The van der Waals surface area contributed by atoms with Gasteiger partial charge >= 0.3 is 0 Å². The molecule has 2 aromatic rings. The lowest BCUT2D eigenvalue weighted by molar-refractivity contribution is 0.644. The number of nitrogens with zero attached hydrogens (tertiary/aromatic N) is 2. The molecule has 0 fully saturated rings. The van der Waals surface area contributed by atoms with Gasteiger partial charge in [0.15, 0.2) is 0 Å². The standard InChI is InChI=1S/C13H18BrN3S/c1-4-9-5-6-12(18-9)10(15)7-11-13(14)8(2)16-17(11)3/h5-6,10H,4,7,15H2,1-3H3. The lowest BCUT2D eigenvalue weighted by Gasteiger charge is -2.10. The molecule has 1 atom stereocenters. The van der Waals surface area contributed by atoms with Crippen molar-refractivity contribution in [3.05, 3.63) is 37.7 Å². The van der Waals surface area contributed by atoms with Crippen LogP contribution in [0.25, 0.3) is 0 Å². The van der Waals surface area contributed by atoms with E-state index in [4.69, 9.17) is 5.73 Å². The highest BCUT2D eigenvalue weighted by Crippen LogP contribution is 2.28. The Hall–Kier alpha value is -0.650. The van der Waals surface area contributed by atoms with Gasteiger partial charge in [0.1, 0.15) is 0 Å². The van der Waals surface area contributed by atoms with Crippen LogP contribution in [0, 0.1) is 6.92 Å². The molecule has 0 saturated heterocycles. The molecule has 2 N–H and O–H groups in total. The Morgan fingerprint density at radius 1 is 1.50 bits per heavy atom. The van der Waals surface area contributed by atoms with E-state index in [1.54, 1.807) is 0 Å². The third-order valence-electron chi connectivity index (χ3n) is 3.07. The molecule has 0 saturated carbocycles. The SMILES string of the molecule is CCc1ccc(C(N)Cc2c(Br)c(C)nn2C)s1. The number of thiophene rings is 1. The van der Waals surface area contributed by atoms with Crippen LogP contribution in [0.4, 0.5) is 0 Å². The zero-order valence-electron chi connectivity index (χ0n) is 10.9. The molecule has 0 aromatic carbocycles. The van der Waals surface area contributed by atoms with E-state index in [2.05, 4.69) is 40.1 Å². The summed E-state index contributed by atoms with van der Waals surface area (Å²) in [6.45, 7) is 4.17. The number of halogens is 1. The summed E-state index contributed by atoms with van der Waals surface area (Å²) in [4.78, 5) is 2.64. The molecule has 2 rings (SSSR count). The van der Waals surface area contributed by atoms with Gasteiger partial charge in [-0.3, -0.25) is 4.68 Å². The van der Waals surface area contributed by atoms with Gasteiger partial charge in [-0.2, -0.15) is 5.10 Å². The first-order valence-electron chi connectivity index (χ1n) is 6.05. The van der Waals surface area contributed by atoms with Gasteiger partial charge in [-0.15, -0.1) is 11.3 Å². The lowest BCUT2D eigenvalue weighted by Crippen LogP contribution is -2.14. The number of aryl methyl sites for hydroxylation is 3. The number of rotatable bonds is 4. The fourth-order valence-electron chi connectivity index (χ4n) is 1.99. The zero-order valence-corrected chi connectivity index (χ0v) is 13.3. The minimum absolute atomic E-state index is 0.0430. The summed E-state index contributed by atoms with van der Waals surface area (Å²) in [7, 11) is 1.96. The van der Waals surface area contributed by atoms with Gasteiger partial charge in [-0.05, 0) is 41.4 Å². The van der Waals surface area contributed by atoms with Gasteiger partial charge in [0, 0.05) is 29.3 Å². The quantitative estimate of drug-likeness (QED) is 0.935. The molecule has 2 heterocycles. The predicted molar refractivity (Wildman–Crippen MR) is 80.0 cm³/mol. The molecular weight excluding hydrogens is 310 g/mol. The topological polar surface area (TPSA) is 43.8 Å². The average molecular weight is 328 g/mol. The summed E-state index contributed by atoms with van der Waals surface area (Å²) in [5, 5.41) is 4.40. The predicted octanol–water partition coefficient (Wildman–Crippen LogP) is 3.36. The Morgan fingerprint density at radius 2 is 2.22 bits per heavy atom. The molecule has 5 heteroatoms. The number of nitrogens with two attached hydrogens (primary N) is 1. The van der Waals surface area contributed by atoms with Crippen molar-refractivity contribution in [2.75, 3.05) is 0 Å². The van der Waals surface area contributed by atoms with Crippen molar-refractivity contribution in [1.29, 1.82) is 0 Å². The summed E-state index contributed by atoms with van der Waals surface area (Å²) in [6.07, 6.45) is 1.88. The van der Waals surface area contributed by atoms with E-state index in [1.807, 2.05) is 30.0 Å². The highest BCUT2D eigenvalue weighted by atomic mass is 79.9. The third kappa shape index (κ3) is 2.68. The molecule has 18 heavy (non-hydrogen) atoms. The molecule has 0 amide bonds. The van der Waals surface area contributed by atoms with E-state index in [0.29, 0.717) is 0 Å². The van der Waals surface area contributed by atoms with Gasteiger partial charge in [-0.1, -0.05) is 6.92 Å². The van der Waals surface area contributed by atoms with E-state index in [0.717, 1.165) is 28.7 Å². The molecule has 98 valence electrons. The van der Waals surface area contributed by atoms with Crippen LogP contribution in [0.15, 0.2) is 16.6 Å². The molecule has 3 nitrogen and oxygen atoms in total. The Balaban J connectivity index is 2.18. The summed E-state index contributed by atoms with van der Waals surface area (Å²) in [5.41, 5.74) is 8.46. The van der Waals surface area contributed by atoms with Gasteiger partial charge in [0.25, 0.3) is 0 Å². The minimum atomic E-state index is 0.0430. The summed E-state index contributed by atoms with van der Waals surface area (Å²) >= 11 is 5.39. The Labute approximate surface area is 120 Å². The fourth-order valence-corrected chi connectivity index (χ4v) is 3.45. The van der Waals surface area contributed by atoms with Crippen LogP contribution in [0.3, 0.4) is 0 Å². The van der Waals surface area contributed by atoms with Crippen LogP contribution in [0.5, 0.6) is 0 Å². The highest BCUT2D eigenvalue weighted by Gasteiger charge is 2.16. The molecule has 0 aliphatic heterocycles. The summed E-state index contributed by atoms with van der Waals surface area (Å²) in [5.74, 6) is 0. The van der Waals surface area contributed by atoms with E-state index in [-0.39, 0.29) is 6.04 Å². The van der Waals surface area contributed by atoms with E-state index in [1.165, 1.54) is 9.75 Å². The maximum atomic E-state index is 6.29. The van der Waals surface area contributed by atoms with E-state index >= 15 is 0 Å². The molecule has 0 aliphatic rings. The summed E-state index contributed by atoms with van der Waals surface area (Å²) in [6, 6.07) is 4.36. The van der Waals surface area contributed by atoms with Crippen molar-refractivity contribution in [2.24, 2.45) is 12.8 Å². The first-order valence-corrected chi connectivity index (χ1v) is 7.66. The molecule has 0 bridgehead atoms. The van der Waals surface area contributed by atoms with E-state index < -0.39 is 0 Å². The second-order valence-electron chi connectivity index (χ2n) is 4.44. The van der Waals surface area contributed by atoms with Crippen molar-refractivity contribution in [3.63, 3.8) is 0 Å². The zero-order chi connectivity index (χ0) is 13.3. The lowest BCUT2D eigenvalue weighted by atomic mass is 10.1. The fraction of sp³-hybridized carbons (Fsp3) is 0.462. The van der Waals surface area contributed by atoms with E-state index in [9.17, 15) is 0 Å². The first-order chi connectivity index (χ1) is 8.52. The molecule has 0 aliphatic carbocycles. The van der Waals surface area contributed by atoms with Gasteiger partial charge in [-0.25, -0.2) is 0 Å². The third-order valence-corrected chi connectivity index (χ3v) is 5.46. The Morgan fingerprint density at radius 3 is 2.72 bits per heavy atom. The molecule has 0 spiro atoms. The maximum Gasteiger partial charge on any atom is 0.0738 e. The Bertz CT molecular complexity index is 544. The smallest absolute Gasteiger partial charge is 0.0738 e. The van der Waals surface area contributed by atoms with Gasteiger partial charge in [0.2, 0.25) is 0 Å². The molecule has 0 radical (unpaired) electrons. The molecular formula is C13H18BrN3S. The maximum absolute atomic E-state index is 6.29. The second kappa shape index (κ2) is 5.55. The molecule has 2 aromatic heterocycles. The minimum Gasteiger partial charge on any atom is -0.323 e. The monoisotopic (exact) mass is 327 g/mol. The number of hydrogen-bond donors (Lipinski definition) is 1. The highest BCUT2D eigenvalue weighted by molar-refractivity contribution is 9.10. The summed E-state index contributed by atoms with van der Waals surface area (Å²) < 4.78 is 2.99. The second-order valence-corrected chi connectivity index (χ2v) is 6.43. The van der Waals surface area contributed by atoms with Crippen LogP contribution in [-0.4, -0.2) is 9.78 Å². The number of hydrogen-bond acceptors (Lipinski definition) is 3. The number of aromatic nitrogens is 2. The van der Waals surface area contributed by atoms with Crippen LogP contribution in [-0.2, 0) is 19.9 Å². The average Bonchev–Trinajstić information content (AvgIpc) is 2.90. The van der Waals surface area contributed by atoms with Crippen molar-refractivity contribution in [2.45, 2.75) is 32.7 Å². The van der Waals surface area contributed by atoms with Crippen molar-refractivity contribution in [3.8, 4) is 0 Å². The van der Waals surface area contributed by atoms with Crippen LogP contribution >= 0.6 is 27.3 Å². The van der Waals surface area contributed by atoms with Crippen molar-refractivity contribution < 1.29 is 0 Å². The molecule has 1 unspecified atom stereocenters. The van der Waals surface area contributed by atoms with Gasteiger partial charge in [0.05, 0.1) is 15.9 Å². The Kier molecular flexibility index (Phi) is 4.25. The van der Waals surface area contributed by atoms with Gasteiger partial charge < -0.3 is 5.73 Å². The normalized spacial score (nSPS) is 12.9. The van der Waals surface area contributed by atoms with Crippen LogP contribution in [0.1, 0.15) is 34.1 Å². The van der Waals surface area contributed by atoms with Crippen molar-refractivity contribution >= 4 is 27.3 Å². The van der Waals surface area contributed by atoms with Crippen LogP contribution < -0.4 is 5.73 Å². The van der Waals surface area contributed by atoms with Crippen LogP contribution in [0.2, 0.25) is 0 Å². The first kappa shape index (κ1) is 13.8.